The molecule has 15 heavy (non-hydrogen) atoms. The van der Waals surface area contributed by atoms with Crippen LogP contribution in [0.3, 0.4) is 0 Å². The minimum Gasteiger partial charge on any atom is -0.340 e. The van der Waals surface area contributed by atoms with Crippen molar-refractivity contribution in [1.82, 2.24) is 9.97 Å². The molecule has 0 saturated heterocycles. The van der Waals surface area contributed by atoms with E-state index in [1.807, 2.05) is 0 Å². The Kier molecular flexibility index (Phi) is 2.53. The van der Waals surface area contributed by atoms with Gasteiger partial charge in [0.25, 0.3) is 0 Å². The van der Waals surface area contributed by atoms with Gasteiger partial charge in [0.05, 0.1) is 0 Å². The van der Waals surface area contributed by atoms with Crippen molar-refractivity contribution < 1.29 is 8.78 Å². The fraction of sp³-hybridized carbons (Fsp3) is 0. The predicted molar refractivity (Wildman–Crippen MR) is 50.5 cm³/mol. The molecule has 0 fully saturated rings. The lowest BCUT2D eigenvalue weighted by Gasteiger charge is -2.04. The Balaban J connectivity index is 2.22. The van der Waals surface area contributed by atoms with Crippen LogP contribution in [0.5, 0.6) is 0 Å². The molecule has 0 spiro atoms. The van der Waals surface area contributed by atoms with E-state index in [0.29, 0.717) is 11.5 Å². The van der Waals surface area contributed by atoms with Crippen molar-refractivity contribution in [2.45, 2.75) is 0 Å². The third-order valence-corrected chi connectivity index (χ3v) is 1.73. The Morgan fingerprint density at radius 1 is 1.13 bits per heavy atom. The highest BCUT2D eigenvalue weighted by Gasteiger charge is 2.02. The van der Waals surface area contributed by atoms with Crippen LogP contribution in [0.4, 0.5) is 20.3 Å². The summed E-state index contributed by atoms with van der Waals surface area (Å²) in [6, 6.07) is 5.11. The first kappa shape index (κ1) is 9.51. The zero-order valence-electron chi connectivity index (χ0n) is 7.54. The van der Waals surface area contributed by atoms with Crippen molar-refractivity contribution in [3.63, 3.8) is 0 Å². The molecule has 1 aromatic heterocycles. The molecule has 0 amide bonds. The molecule has 1 N–H and O–H groups in total. The van der Waals surface area contributed by atoms with Crippen LogP contribution in [0.15, 0.2) is 30.5 Å². The number of hydrogen-bond acceptors (Lipinski definition) is 3. The highest BCUT2D eigenvalue weighted by molar-refractivity contribution is 5.55. The average molecular weight is 206 g/mol. The van der Waals surface area contributed by atoms with Gasteiger partial charge in [0, 0.05) is 18.0 Å². The van der Waals surface area contributed by atoms with E-state index < -0.39 is 11.6 Å². The van der Waals surface area contributed by atoms with Gasteiger partial charge in [0.15, 0.2) is 18.0 Å². The molecule has 0 bridgehead atoms. The van der Waals surface area contributed by atoms with Gasteiger partial charge in [0.1, 0.15) is 5.82 Å². The molecule has 3 nitrogen and oxygen atoms in total. The van der Waals surface area contributed by atoms with E-state index >= 15 is 0 Å². The first-order valence-corrected chi connectivity index (χ1v) is 4.17. The Labute approximate surface area is 84.8 Å². The SMILES string of the molecule is Fc1ccc(Nc2ccn[c]n2)cc1F. The maximum Gasteiger partial charge on any atom is 0.199 e. The quantitative estimate of drug-likeness (QED) is 0.819. The van der Waals surface area contributed by atoms with Gasteiger partial charge in [-0.15, -0.1) is 0 Å². The van der Waals surface area contributed by atoms with Crippen molar-refractivity contribution >= 4 is 11.5 Å². The van der Waals surface area contributed by atoms with Gasteiger partial charge in [-0.25, -0.2) is 18.7 Å². The minimum atomic E-state index is -0.905. The Morgan fingerprint density at radius 3 is 2.67 bits per heavy atom. The lowest BCUT2D eigenvalue weighted by Crippen LogP contribution is -1.95. The molecule has 2 aromatic rings. The molecule has 0 aliphatic carbocycles. The number of nitrogens with zero attached hydrogens (tertiary/aromatic N) is 2. The van der Waals surface area contributed by atoms with Gasteiger partial charge in [-0.1, -0.05) is 0 Å². The van der Waals surface area contributed by atoms with E-state index in [1.165, 1.54) is 12.3 Å². The zero-order chi connectivity index (χ0) is 10.7. The second kappa shape index (κ2) is 4.00. The molecule has 0 aliphatic rings. The van der Waals surface area contributed by atoms with Crippen molar-refractivity contribution in [2.75, 3.05) is 5.32 Å². The van der Waals surface area contributed by atoms with Crippen molar-refractivity contribution in [3.8, 4) is 0 Å². The summed E-state index contributed by atoms with van der Waals surface area (Å²) in [6.07, 6.45) is 3.87. The molecule has 0 aliphatic heterocycles. The van der Waals surface area contributed by atoms with E-state index in [2.05, 4.69) is 21.6 Å². The molecule has 2 rings (SSSR count). The number of rotatable bonds is 2. The maximum atomic E-state index is 12.8. The van der Waals surface area contributed by atoms with Gasteiger partial charge >= 0.3 is 0 Å². The molecule has 1 aromatic carbocycles. The van der Waals surface area contributed by atoms with Gasteiger partial charge < -0.3 is 5.32 Å². The maximum absolute atomic E-state index is 12.8. The molecule has 1 radical (unpaired) electrons. The number of anilines is 2. The summed E-state index contributed by atoms with van der Waals surface area (Å²) in [5.41, 5.74) is 0.418. The van der Waals surface area contributed by atoms with E-state index in [-0.39, 0.29) is 0 Å². The Bertz CT molecular complexity index is 459. The number of aromatic nitrogens is 2. The van der Waals surface area contributed by atoms with Crippen LogP contribution in [0.1, 0.15) is 0 Å². The van der Waals surface area contributed by atoms with Crippen LogP contribution in [-0.4, -0.2) is 9.97 Å². The molecule has 0 unspecified atom stereocenters. The number of halogens is 2. The summed E-state index contributed by atoms with van der Waals surface area (Å²) in [6.45, 7) is 0. The second-order valence-electron chi connectivity index (χ2n) is 2.80. The first-order chi connectivity index (χ1) is 7.25. The zero-order valence-corrected chi connectivity index (χ0v) is 7.54. The van der Waals surface area contributed by atoms with Gasteiger partial charge in [-0.2, -0.15) is 0 Å². The largest absolute Gasteiger partial charge is 0.340 e. The fourth-order valence-electron chi connectivity index (χ4n) is 1.05. The number of benzene rings is 1. The van der Waals surface area contributed by atoms with Crippen LogP contribution in [0.2, 0.25) is 0 Å². The first-order valence-electron chi connectivity index (χ1n) is 4.17. The summed E-state index contributed by atoms with van der Waals surface area (Å²) in [5, 5.41) is 2.78. The smallest absolute Gasteiger partial charge is 0.199 e. The van der Waals surface area contributed by atoms with Gasteiger partial charge in [-0.05, 0) is 18.2 Å². The standard InChI is InChI=1S/C10H6F2N3/c11-8-2-1-7(5-9(8)12)15-10-3-4-13-6-14-10/h1-5H,(H,13,14,15). The summed E-state index contributed by atoms with van der Waals surface area (Å²) < 4.78 is 25.4. The monoisotopic (exact) mass is 206 g/mol. The topological polar surface area (TPSA) is 37.8 Å². The normalized spacial score (nSPS) is 10.0. The van der Waals surface area contributed by atoms with Crippen LogP contribution in [0, 0.1) is 18.0 Å². The number of nitrogens with one attached hydrogen (secondary N) is 1. The Morgan fingerprint density at radius 2 is 2.00 bits per heavy atom. The minimum absolute atomic E-state index is 0.418. The third kappa shape index (κ3) is 2.25. The molecule has 1 heterocycles. The lowest BCUT2D eigenvalue weighted by molar-refractivity contribution is 0.509. The second-order valence-corrected chi connectivity index (χ2v) is 2.80. The van der Waals surface area contributed by atoms with Crippen LogP contribution in [0.25, 0.3) is 0 Å². The summed E-state index contributed by atoms with van der Waals surface area (Å²) in [7, 11) is 0. The summed E-state index contributed by atoms with van der Waals surface area (Å²) in [4.78, 5) is 7.37. The molecule has 5 heteroatoms. The van der Waals surface area contributed by atoms with Gasteiger partial charge in [-0.3, -0.25) is 0 Å². The predicted octanol–water partition coefficient (Wildman–Crippen LogP) is 2.30. The van der Waals surface area contributed by atoms with E-state index in [9.17, 15) is 8.78 Å². The Hall–Kier alpha value is -2.04. The highest BCUT2D eigenvalue weighted by Crippen LogP contribution is 2.16. The van der Waals surface area contributed by atoms with Crippen molar-refractivity contribution in [1.29, 1.82) is 0 Å². The van der Waals surface area contributed by atoms with E-state index in [0.717, 1.165) is 12.1 Å². The lowest BCUT2D eigenvalue weighted by atomic mass is 10.3. The van der Waals surface area contributed by atoms with Crippen LogP contribution >= 0.6 is 0 Å². The van der Waals surface area contributed by atoms with Gasteiger partial charge in [0.2, 0.25) is 0 Å². The van der Waals surface area contributed by atoms with Crippen molar-refractivity contribution in [2.24, 2.45) is 0 Å². The highest BCUT2D eigenvalue weighted by atomic mass is 19.2. The summed E-state index contributed by atoms with van der Waals surface area (Å²) >= 11 is 0. The molecular weight excluding hydrogens is 200 g/mol. The number of hydrogen-bond donors (Lipinski definition) is 1. The summed E-state index contributed by atoms with van der Waals surface area (Å²) in [5.74, 6) is -1.32. The van der Waals surface area contributed by atoms with E-state index in [4.69, 9.17) is 0 Å². The average Bonchev–Trinajstić information content (AvgIpc) is 2.25. The van der Waals surface area contributed by atoms with Crippen LogP contribution in [-0.2, 0) is 0 Å². The van der Waals surface area contributed by atoms with E-state index in [1.54, 1.807) is 6.07 Å². The van der Waals surface area contributed by atoms with Crippen LogP contribution < -0.4 is 5.32 Å². The van der Waals surface area contributed by atoms with Crippen molar-refractivity contribution in [3.05, 3.63) is 48.4 Å². The molecule has 0 atom stereocenters. The molecule has 75 valence electrons. The molecular formula is C10H6F2N3. The molecule has 0 saturated carbocycles. The fourth-order valence-corrected chi connectivity index (χ4v) is 1.05. The third-order valence-electron chi connectivity index (χ3n) is 1.73.